The van der Waals surface area contributed by atoms with Crippen LogP contribution in [0.25, 0.3) is 0 Å². The van der Waals surface area contributed by atoms with E-state index in [2.05, 4.69) is 0 Å². The lowest BCUT2D eigenvalue weighted by Gasteiger charge is -2.29. The minimum absolute atomic E-state index is 0.0748. The van der Waals surface area contributed by atoms with Gasteiger partial charge in [-0.15, -0.1) is 0 Å². The maximum Gasteiger partial charge on any atom is 0.123 e. The number of nitrogens with zero attached hydrogens (tertiary/aromatic N) is 1. The van der Waals surface area contributed by atoms with Gasteiger partial charge in [0.25, 0.3) is 0 Å². The van der Waals surface area contributed by atoms with E-state index in [1.807, 2.05) is 24.8 Å². The van der Waals surface area contributed by atoms with Crippen molar-refractivity contribution >= 4 is 0 Å². The predicted octanol–water partition coefficient (Wildman–Crippen LogP) is 1.36. The molecule has 1 aromatic rings. The van der Waals surface area contributed by atoms with Crippen LogP contribution in [0, 0.1) is 5.82 Å². The topological polar surface area (TPSA) is 49.5 Å². The summed E-state index contributed by atoms with van der Waals surface area (Å²) in [5.41, 5.74) is 6.51. The number of nitrogens with two attached hydrogens (primary N) is 1. The van der Waals surface area contributed by atoms with Gasteiger partial charge in [-0.25, -0.2) is 4.39 Å². The van der Waals surface area contributed by atoms with Crippen molar-refractivity contribution in [1.82, 2.24) is 4.90 Å². The standard InChI is InChI=1S/C13H21FN2O/c1-13(2,15)10-16(6-7-17)9-11-4-3-5-12(14)8-11/h3-5,8,17H,6-7,9-10,15H2,1-2H3. The zero-order valence-electron chi connectivity index (χ0n) is 10.5. The van der Waals surface area contributed by atoms with Gasteiger partial charge < -0.3 is 10.8 Å². The molecule has 0 bridgehead atoms. The molecule has 3 N–H and O–H groups in total. The van der Waals surface area contributed by atoms with E-state index in [1.165, 1.54) is 12.1 Å². The number of aliphatic hydroxyl groups excluding tert-OH is 1. The summed E-state index contributed by atoms with van der Waals surface area (Å²) in [6.45, 7) is 5.73. The Morgan fingerprint density at radius 1 is 1.41 bits per heavy atom. The third-order valence-electron chi connectivity index (χ3n) is 2.34. The van der Waals surface area contributed by atoms with Gasteiger partial charge in [0.1, 0.15) is 5.82 Å². The second-order valence-corrected chi connectivity index (χ2v) is 5.05. The van der Waals surface area contributed by atoms with Gasteiger partial charge in [0.05, 0.1) is 6.61 Å². The second kappa shape index (κ2) is 6.10. The zero-order chi connectivity index (χ0) is 12.9. The summed E-state index contributed by atoms with van der Waals surface area (Å²) in [6, 6.07) is 6.49. The zero-order valence-corrected chi connectivity index (χ0v) is 10.5. The summed E-state index contributed by atoms with van der Waals surface area (Å²) in [5.74, 6) is -0.238. The van der Waals surface area contributed by atoms with Crippen LogP contribution in [0.1, 0.15) is 19.4 Å². The molecule has 0 saturated heterocycles. The maximum atomic E-state index is 13.0. The Hall–Kier alpha value is -0.970. The van der Waals surface area contributed by atoms with E-state index in [4.69, 9.17) is 10.8 Å². The number of hydrogen-bond acceptors (Lipinski definition) is 3. The average Bonchev–Trinajstić information content (AvgIpc) is 2.15. The minimum Gasteiger partial charge on any atom is -0.395 e. The molecule has 0 heterocycles. The van der Waals surface area contributed by atoms with Gasteiger partial charge in [0.2, 0.25) is 0 Å². The summed E-state index contributed by atoms with van der Waals surface area (Å²) >= 11 is 0. The molecule has 0 aliphatic carbocycles. The molecular formula is C13H21FN2O. The van der Waals surface area contributed by atoms with Crippen molar-refractivity contribution in [2.45, 2.75) is 25.9 Å². The molecule has 3 nitrogen and oxygen atoms in total. The monoisotopic (exact) mass is 240 g/mol. The number of hydrogen-bond donors (Lipinski definition) is 2. The van der Waals surface area contributed by atoms with Gasteiger partial charge in [0, 0.05) is 25.2 Å². The Kier molecular flexibility index (Phi) is 5.05. The molecule has 1 rings (SSSR count). The van der Waals surface area contributed by atoms with Crippen molar-refractivity contribution < 1.29 is 9.50 Å². The van der Waals surface area contributed by atoms with Gasteiger partial charge in [-0.2, -0.15) is 0 Å². The normalized spacial score (nSPS) is 12.1. The van der Waals surface area contributed by atoms with Crippen molar-refractivity contribution in [1.29, 1.82) is 0 Å². The summed E-state index contributed by atoms with van der Waals surface area (Å²) in [5, 5.41) is 9.01. The molecule has 0 aromatic heterocycles. The molecule has 0 radical (unpaired) electrons. The van der Waals surface area contributed by atoms with Gasteiger partial charge in [-0.05, 0) is 31.5 Å². The summed E-state index contributed by atoms with van der Waals surface area (Å²) in [7, 11) is 0. The number of halogens is 1. The van der Waals surface area contributed by atoms with Crippen LogP contribution in [0.5, 0.6) is 0 Å². The summed E-state index contributed by atoms with van der Waals surface area (Å²) < 4.78 is 13.0. The third-order valence-corrected chi connectivity index (χ3v) is 2.34. The summed E-state index contributed by atoms with van der Waals surface area (Å²) in [6.07, 6.45) is 0. The van der Waals surface area contributed by atoms with Gasteiger partial charge in [-0.1, -0.05) is 12.1 Å². The quantitative estimate of drug-likeness (QED) is 0.789. The Labute approximate surface area is 102 Å². The first-order valence-electron chi connectivity index (χ1n) is 5.77. The highest BCUT2D eigenvalue weighted by atomic mass is 19.1. The molecule has 0 amide bonds. The largest absolute Gasteiger partial charge is 0.395 e. The number of aliphatic hydroxyl groups is 1. The molecule has 0 saturated carbocycles. The third kappa shape index (κ3) is 5.77. The Bertz CT molecular complexity index is 350. The molecule has 17 heavy (non-hydrogen) atoms. The second-order valence-electron chi connectivity index (χ2n) is 5.05. The molecule has 4 heteroatoms. The Balaban J connectivity index is 2.66. The van der Waals surface area contributed by atoms with Crippen LogP contribution in [0.2, 0.25) is 0 Å². The number of rotatable bonds is 6. The van der Waals surface area contributed by atoms with E-state index in [0.29, 0.717) is 19.6 Å². The Morgan fingerprint density at radius 2 is 2.12 bits per heavy atom. The highest BCUT2D eigenvalue weighted by Crippen LogP contribution is 2.09. The van der Waals surface area contributed by atoms with E-state index in [0.717, 1.165) is 5.56 Å². The highest BCUT2D eigenvalue weighted by Gasteiger charge is 2.16. The van der Waals surface area contributed by atoms with Gasteiger partial charge in [-0.3, -0.25) is 4.90 Å². The molecule has 0 aliphatic heterocycles. The lowest BCUT2D eigenvalue weighted by atomic mass is 10.1. The molecule has 0 atom stereocenters. The number of benzene rings is 1. The fourth-order valence-electron chi connectivity index (χ4n) is 1.83. The Morgan fingerprint density at radius 3 is 2.65 bits per heavy atom. The smallest absolute Gasteiger partial charge is 0.123 e. The van der Waals surface area contributed by atoms with Crippen molar-refractivity contribution in [3.63, 3.8) is 0 Å². The van der Waals surface area contributed by atoms with Crippen molar-refractivity contribution in [2.24, 2.45) is 5.73 Å². The van der Waals surface area contributed by atoms with Crippen LogP contribution in [0.3, 0.4) is 0 Å². The van der Waals surface area contributed by atoms with Gasteiger partial charge >= 0.3 is 0 Å². The molecule has 96 valence electrons. The van der Waals surface area contributed by atoms with Crippen LogP contribution in [-0.4, -0.2) is 35.2 Å². The first-order chi connectivity index (χ1) is 7.90. The van der Waals surface area contributed by atoms with Gasteiger partial charge in [0.15, 0.2) is 0 Å². The molecule has 0 spiro atoms. The SMILES string of the molecule is CC(C)(N)CN(CCO)Cc1cccc(F)c1. The molecular weight excluding hydrogens is 219 g/mol. The van der Waals surface area contributed by atoms with Crippen LogP contribution < -0.4 is 5.73 Å². The minimum atomic E-state index is -0.331. The molecule has 0 fully saturated rings. The van der Waals surface area contributed by atoms with E-state index in [1.54, 1.807) is 6.07 Å². The van der Waals surface area contributed by atoms with E-state index in [9.17, 15) is 4.39 Å². The molecule has 0 unspecified atom stereocenters. The average molecular weight is 240 g/mol. The van der Waals surface area contributed by atoms with Crippen molar-refractivity contribution in [3.05, 3.63) is 35.6 Å². The fraction of sp³-hybridized carbons (Fsp3) is 0.538. The van der Waals surface area contributed by atoms with Crippen LogP contribution in [0.15, 0.2) is 24.3 Å². The lowest BCUT2D eigenvalue weighted by Crippen LogP contribution is -2.45. The van der Waals surface area contributed by atoms with Crippen molar-refractivity contribution in [3.8, 4) is 0 Å². The fourth-order valence-corrected chi connectivity index (χ4v) is 1.83. The molecule has 1 aromatic carbocycles. The van der Waals surface area contributed by atoms with E-state index in [-0.39, 0.29) is 18.0 Å². The van der Waals surface area contributed by atoms with Crippen LogP contribution in [-0.2, 0) is 6.54 Å². The first-order valence-corrected chi connectivity index (χ1v) is 5.77. The van der Waals surface area contributed by atoms with E-state index < -0.39 is 0 Å². The van der Waals surface area contributed by atoms with Crippen LogP contribution in [0.4, 0.5) is 4.39 Å². The van der Waals surface area contributed by atoms with Crippen LogP contribution >= 0.6 is 0 Å². The maximum absolute atomic E-state index is 13.0. The highest BCUT2D eigenvalue weighted by molar-refractivity contribution is 5.16. The van der Waals surface area contributed by atoms with Crippen molar-refractivity contribution in [2.75, 3.05) is 19.7 Å². The first kappa shape index (κ1) is 14.1. The molecule has 0 aliphatic rings. The predicted molar refractivity (Wildman–Crippen MR) is 67.0 cm³/mol. The lowest BCUT2D eigenvalue weighted by molar-refractivity contribution is 0.166. The summed E-state index contributed by atoms with van der Waals surface area (Å²) in [4.78, 5) is 2.02. The van der Waals surface area contributed by atoms with E-state index >= 15 is 0 Å².